The Morgan fingerprint density at radius 3 is 2.77 bits per heavy atom. The topological polar surface area (TPSA) is 45.1 Å². The molecule has 0 fully saturated rings. The van der Waals surface area contributed by atoms with Gasteiger partial charge in [-0.3, -0.25) is 4.98 Å². The quantitative estimate of drug-likeness (QED) is 0.725. The molecule has 1 aromatic heterocycles. The number of aliphatic hydroxyl groups excluding tert-OH is 1. The number of aliphatic hydroxyl groups is 1. The van der Waals surface area contributed by atoms with E-state index in [2.05, 4.69) is 10.3 Å². The first-order chi connectivity index (χ1) is 6.20. The molecule has 3 nitrogen and oxygen atoms in total. The van der Waals surface area contributed by atoms with Crippen molar-refractivity contribution in [2.75, 3.05) is 0 Å². The van der Waals surface area contributed by atoms with Crippen LogP contribution in [0.15, 0.2) is 24.4 Å². The fourth-order valence-corrected chi connectivity index (χ4v) is 0.939. The van der Waals surface area contributed by atoms with Crippen LogP contribution in [0.1, 0.15) is 19.5 Å². The molecule has 0 aliphatic rings. The van der Waals surface area contributed by atoms with Crippen LogP contribution >= 0.6 is 0 Å². The number of hydrogen-bond donors (Lipinski definition) is 2. The number of nitrogens with one attached hydrogen (secondary N) is 1. The van der Waals surface area contributed by atoms with Crippen molar-refractivity contribution in [2.24, 2.45) is 0 Å². The van der Waals surface area contributed by atoms with Gasteiger partial charge in [0.25, 0.3) is 0 Å². The number of hydrogen-bond acceptors (Lipinski definition) is 3. The average Bonchev–Trinajstić information content (AvgIpc) is 2.15. The standard InChI is InChI=1S/C10H16N2O/c1-8(9(2)13)12-7-10-5-3-4-6-11-10/h3-6,8-9,12-13H,7H2,1-2H3. The molecule has 2 unspecified atom stereocenters. The highest BCUT2D eigenvalue weighted by Crippen LogP contribution is 1.95. The van der Waals surface area contributed by atoms with Gasteiger partial charge >= 0.3 is 0 Å². The maximum Gasteiger partial charge on any atom is 0.0662 e. The Kier molecular flexibility index (Phi) is 3.86. The molecule has 1 rings (SSSR count). The van der Waals surface area contributed by atoms with Crippen molar-refractivity contribution in [1.82, 2.24) is 10.3 Å². The zero-order chi connectivity index (χ0) is 9.68. The van der Waals surface area contributed by atoms with Crippen LogP contribution in [0.4, 0.5) is 0 Å². The lowest BCUT2D eigenvalue weighted by Crippen LogP contribution is -2.35. The highest BCUT2D eigenvalue weighted by Gasteiger charge is 2.06. The van der Waals surface area contributed by atoms with E-state index in [0.29, 0.717) is 6.54 Å². The van der Waals surface area contributed by atoms with Crippen molar-refractivity contribution in [3.05, 3.63) is 30.1 Å². The molecule has 0 spiro atoms. The first-order valence-electron chi connectivity index (χ1n) is 4.51. The van der Waals surface area contributed by atoms with E-state index >= 15 is 0 Å². The molecule has 0 aliphatic heterocycles. The highest BCUT2D eigenvalue weighted by molar-refractivity contribution is 5.03. The molecule has 0 amide bonds. The summed E-state index contributed by atoms with van der Waals surface area (Å²) in [6, 6.07) is 5.91. The van der Waals surface area contributed by atoms with Crippen LogP contribution in [0.3, 0.4) is 0 Å². The van der Waals surface area contributed by atoms with Gasteiger partial charge in [0.1, 0.15) is 0 Å². The Bertz CT molecular complexity index is 236. The smallest absolute Gasteiger partial charge is 0.0662 e. The van der Waals surface area contributed by atoms with Crippen LogP contribution in [-0.4, -0.2) is 22.2 Å². The van der Waals surface area contributed by atoms with E-state index < -0.39 is 0 Å². The highest BCUT2D eigenvalue weighted by atomic mass is 16.3. The van der Waals surface area contributed by atoms with E-state index in [1.54, 1.807) is 13.1 Å². The lowest BCUT2D eigenvalue weighted by Gasteiger charge is -2.15. The van der Waals surface area contributed by atoms with Gasteiger partial charge < -0.3 is 10.4 Å². The number of aromatic nitrogens is 1. The summed E-state index contributed by atoms with van der Waals surface area (Å²) in [5.41, 5.74) is 0.995. The molecule has 0 bridgehead atoms. The first kappa shape index (κ1) is 10.2. The van der Waals surface area contributed by atoms with Gasteiger partial charge in [-0.05, 0) is 26.0 Å². The summed E-state index contributed by atoms with van der Waals surface area (Å²) in [4.78, 5) is 4.17. The van der Waals surface area contributed by atoms with Crippen LogP contribution in [0.5, 0.6) is 0 Å². The van der Waals surface area contributed by atoms with Crippen LogP contribution < -0.4 is 5.32 Å². The third kappa shape index (κ3) is 3.53. The van der Waals surface area contributed by atoms with E-state index in [1.165, 1.54) is 0 Å². The molecular weight excluding hydrogens is 164 g/mol. The van der Waals surface area contributed by atoms with E-state index in [1.807, 2.05) is 25.1 Å². The molecule has 2 N–H and O–H groups in total. The van der Waals surface area contributed by atoms with Crippen molar-refractivity contribution in [3.63, 3.8) is 0 Å². The van der Waals surface area contributed by atoms with Crippen LogP contribution in [0, 0.1) is 0 Å². The lowest BCUT2D eigenvalue weighted by molar-refractivity contribution is 0.152. The summed E-state index contributed by atoms with van der Waals surface area (Å²) in [6.07, 6.45) is 1.44. The average molecular weight is 180 g/mol. The lowest BCUT2D eigenvalue weighted by atomic mass is 10.2. The summed E-state index contributed by atoms with van der Waals surface area (Å²) < 4.78 is 0. The second kappa shape index (κ2) is 4.94. The molecule has 1 heterocycles. The van der Waals surface area contributed by atoms with Gasteiger partial charge in [0, 0.05) is 18.8 Å². The van der Waals surface area contributed by atoms with Crippen molar-refractivity contribution in [3.8, 4) is 0 Å². The predicted octanol–water partition coefficient (Wildman–Crippen LogP) is 0.940. The SMILES string of the molecule is CC(O)C(C)NCc1ccccn1. The summed E-state index contributed by atoms with van der Waals surface area (Å²) in [6.45, 7) is 4.43. The molecular formula is C10H16N2O. The molecule has 0 saturated carbocycles. The van der Waals surface area contributed by atoms with Crippen LogP contribution in [0.25, 0.3) is 0 Å². The normalized spacial score (nSPS) is 15.3. The summed E-state index contributed by atoms with van der Waals surface area (Å²) in [5, 5.41) is 12.4. The minimum atomic E-state index is -0.330. The Morgan fingerprint density at radius 2 is 2.23 bits per heavy atom. The van der Waals surface area contributed by atoms with Gasteiger partial charge in [0.2, 0.25) is 0 Å². The fraction of sp³-hybridized carbons (Fsp3) is 0.500. The van der Waals surface area contributed by atoms with E-state index in [-0.39, 0.29) is 12.1 Å². The predicted molar refractivity (Wildman–Crippen MR) is 52.2 cm³/mol. The molecule has 0 saturated heterocycles. The van der Waals surface area contributed by atoms with Crippen molar-refractivity contribution < 1.29 is 5.11 Å². The number of nitrogens with zero attached hydrogens (tertiary/aromatic N) is 1. The first-order valence-corrected chi connectivity index (χ1v) is 4.51. The van der Waals surface area contributed by atoms with Gasteiger partial charge in [0.15, 0.2) is 0 Å². The molecule has 1 aromatic rings. The second-order valence-electron chi connectivity index (χ2n) is 3.23. The van der Waals surface area contributed by atoms with Gasteiger partial charge in [-0.1, -0.05) is 6.07 Å². The van der Waals surface area contributed by atoms with Crippen LogP contribution in [-0.2, 0) is 6.54 Å². The van der Waals surface area contributed by atoms with E-state index in [9.17, 15) is 5.11 Å². The minimum Gasteiger partial charge on any atom is -0.392 e. The monoisotopic (exact) mass is 180 g/mol. The molecule has 0 aromatic carbocycles. The van der Waals surface area contributed by atoms with Crippen molar-refractivity contribution in [1.29, 1.82) is 0 Å². The number of rotatable bonds is 4. The van der Waals surface area contributed by atoms with Gasteiger partial charge in [-0.2, -0.15) is 0 Å². The molecule has 2 atom stereocenters. The molecule has 3 heteroatoms. The van der Waals surface area contributed by atoms with E-state index in [4.69, 9.17) is 0 Å². The zero-order valence-corrected chi connectivity index (χ0v) is 8.07. The summed E-state index contributed by atoms with van der Waals surface area (Å²) in [7, 11) is 0. The Balaban J connectivity index is 2.35. The third-order valence-electron chi connectivity index (χ3n) is 2.05. The van der Waals surface area contributed by atoms with Crippen LogP contribution in [0.2, 0.25) is 0 Å². The molecule has 0 aliphatic carbocycles. The van der Waals surface area contributed by atoms with Gasteiger partial charge in [-0.15, -0.1) is 0 Å². The third-order valence-corrected chi connectivity index (χ3v) is 2.05. The largest absolute Gasteiger partial charge is 0.392 e. The maximum absolute atomic E-state index is 9.22. The molecule has 72 valence electrons. The van der Waals surface area contributed by atoms with E-state index in [0.717, 1.165) is 5.69 Å². The maximum atomic E-state index is 9.22. The van der Waals surface area contributed by atoms with Crippen molar-refractivity contribution >= 4 is 0 Å². The fourth-order valence-electron chi connectivity index (χ4n) is 0.939. The Morgan fingerprint density at radius 1 is 1.46 bits per heavy atom. The molecule has 0 radical (unpaired) electrons. The molecule has 13 heavy (non-hydrogen) atoms. The van der Waals surface area contributed by atoms with Crippen molar-refractivity contribution in [2.45, 2.75) is 32.5 Å². The Labute approximate surface area is 78.8 Å². The number of pyridine rings is 1. The Hall–Kier alpha value is -0.930. The summed E-state index contributed by atoms with van der Waals surface area (Å²) >= 11 is 0. The minimum absolute atomic E-state index is 0.0991. The second-order valence-corrected chi connectivity index (χ2v) is 3.23. The van der Waals surface area contributed by atoms with Gasteiger partial charge in [-0.25, -0.2) is 0 Å². The zero-order valence-electron chi connectivity index (χ0n) is 8.07. The van der Waals surface area contributed by atoms with Gasteiger partial charge in [0.05, 0.1) is 11.8 Å². The summed E-state index contributed by atoms with van der Waals surface area (Å²) in [5.74, 6) is 0.